The third-order valence-electron chi connectivity index (χ3n) is 13.7. The monoisotopic (exact) mass is 954 g/mol. The molecular formula is C56H107NO10. The van der Waals surface area contributed by atoms with E-state index >= 15 is 0 Å². The summed E-state index contributed by atoms with van der Waals surface area (Å²) in [5, 5.41) is 76.0. The Hall–Kier alpha value is -1.41. The topological polar surface area (TPSA) is 189 Å². The van der Waals surface area contributed by atoms with Crippen LogP contribution in [-0.4, -0.2) is 110 Å². The van der Waals surface area contributed by atoms with Gasteiger partial charge in [0.25, 0.3) is 0 Å². The molecule has 0 spiro atoms. The second-order valence-corrected chi connectivity index (χ2v) is 20.0. The Labute approximate surface area is 410 Å². The Morgan fingerprint density at radius 3 is 1.28 bits per heavy atom. The number of hydrogen-bond acceptors (Lipinski definition) is 10. The third-order valence-corrected chi connectivity index (χ3v) is 13.7. The minimum absolute atomic E-state index is 0.248. The highest BCUT2D eigenvalue weighted by molar-refractivity contribution is 5.80. The fourth-order valence-electron chi connectivity index (χ4n) is 9.08. The predicted octanol–water partition coefficient (Wildman–Crippen LogP) is 11.3. The first-order valence-corrected chi connectivity index (χ1v) is 28.2. The van der Waals surface area contributed by atoms with Crippen molar-refractivity contribution in [3.63, 3.8) is 0 Å². The fourth-order valence-corrected chi connectivity index (χ4v) is 9.08. The van der Waals surface area contributed by atoms with E-state index in [-0.39, 0.29) is 12.8 Å². The van der Waals surface area contributed by atoms with Crippen LogP contribution in [0.5, 0.6) is 0 Å². The van der Waals surface area contributed by atoms with Crippen LogP contribution in [0.2, 0.25) is 0 Å². The lowest BCUT2D eigenvalue weighted by atomic mass is 9.98. The van der Waals surface area contributed by atoms with E-state index in [1.807, 2.05) is 0 Å². The zero-order chi connectivity index (χ0) is 49.0. The molecule has 0 saturated carbocycles. The molecule has 1 aliphatic heterocycles. The zero-order valence-electron chi connectivity index (χ0n) is 43.1. The normalized spacial score (nSPS) is 20.8. The van der Waals surface area contributed by atoms with Crippen molar-refractivity contribution >= 4 is 5.91 Å². The van der Waals surface area contributed by atoms with Crippen LogP contribution in [0.3, 0.4) is 0 Å². The van der Waals surface area contributed by atoms with Crippen molar-refractivity contribution in [2.75, 3.05) is 13.2 Å². The Balaban J connectivity index is 2.36. The first-order valence-electron chi connectivity index (χ1n) is 28.2. The predicted molar refractivity (Wildman–Crippen MR) is 275 cm³/mol. The molecule has 0 aromatic rings. The molecule has 1 heterocycles. The van der Waals surface area contributed by atoms with Gasteiger partial charge in [-0.15, -0.1) is 0 Å². The summed E-state index contributed by atoms with van der Waals surface area (Å²) in [5.74, 6) is -0.709. The molecule has 1 aliphatic rings. The van der Waals surface area contributed by atoms with Gasteiger partial charge in [-0.1, -0.05) is 218 Å². The van der Waals surface area contributed by atoms with Crippen molar-refractivity contribution in [1.29, 1.82) is 0 Å². The lowest BCUT2D eigenvalue weighted by Gasteiger charge is -2.40. The van der Waals surface area contributed by atoms with Gasteiger partial charge in [-0.3, -0.25) is 4.79 Å². The van der Waals surface area contributed by atoms with Gasteiger partial charge >= 0.3 is 0 Å². The number of ether oxygens (including phenoxy) is 2. The highest BCUT2D eigenvalue weighted by atomic mass is 16.7. The maximum atomic E-state index is 13.2. The molecule has 0 aliphatic carbocycles. The second-order valence-electron chi connectivity index (χ2n) is 20.0. The fraction of sp³-hybridized carbons (Fsp3) is 0.911. The third kappa shape index (κ3) is 34.5. The molecule has 1 fully saturated rings. The first kappa shape index (κ1) is 63.6. The molecule has 0 aromatic carbocycles. The number of carbonyl (C=O) groups excluding carboxylic acids is 1. The second kappa shape index (κ2) is 45.7. The smallest absolute Gasteiger partial charge is 0.249 e. The van der Waals surface area contributed by atoms with Crippen LogP contribution < -0.4 is 5.32 Å². The van der Waals surface area contributed by atoms with Crippen molar-refractivity contribution in [3.8, 4) is 0 Å². The van der Waals surface area contributed by atoms with E-state index in [1.165, 1.54) is 161 Å². The minimum Gasteiger partial charge on any atom is -0.394 e. The van der Waals surface area contributed by atoms with Crippen molar-refractivity contribution in [1.82, 2.24) is 5.32 Å². The SMILES string of the molecule is CCCCCCCCCC/C=C\CCCCCCCCC(O)C(=O)NC(COC1OC(CO)C(O)C(O)C1O)C(O)C(O)CCC/C=C/CCCCCCCCCCCCCCCCCCC. The van der Waals surface area contributed by atoms with Crippen LogP contribution in [0.15, 0.2) is 24.3 Å². The van der Waals surface area contributed by atoms with E-state index in [2.05, 4.69) is 43.5 Å². The molecule has 0 aromatic heterocycles. The van der Waals surface area contributed by atoms with Crippen molar-refractivity contribution < 1.29 is 50.0 Å². The summed E-state index contributed by atoms with van der Waals surface area (Å²) >= 11 is 0. The average Bonchev–Trinajstić information content (AvgIpc) is 3.33. The number of carbonyl (C=O) groups is 1. The summed E-state index contributed by atoms with van der Waals surface area (Å²) in [7, 11) is 0. The van der Waals surface area contributed by atoms with Gasteiger partial charge in [0.2, 0.25) is 5.91 Å². The number of unbranched alkanes of at least 4 members (excludes halogenated alkanes) is 32. The van der Waals surface area contributed by atoms with Crippen LogP contribution in [-0.2, 0) is 14.3 Å². The van der Waals surface area contributed by atoms with Crippen LogP contribution >= 0.6 is 0 Å². The van der Waals surface area contributed by atoms with Crippen LogP contribution in [0.4, 0.5) is 0 Å². The van der Waals surface area contributed by atoms with E-state index in [0.717, 1.165) is 57.8 Å². The first-order chi connectivity index (χ1) is 32.7. The lowest BCUT2D eigenvalue weighted by molar-refractivity contribution is -0.303. The molecule has 11 heteroatoms. The lowest BCUT2D eigenvalue weighted by Crippen LogP contribution is -2.60. The Bertz CT molecular complexity index is 1140. The van der Waals surface area contributed by atoms with E-state index in [0.29, 0.717) is 12.8 Å². The van der Waals surface area contributed by atoms with Crippen molar-refractivity contribution in [2.45, 2.75) is 313 Å². The highest BCUT2D eigenvalue weighted by Crippen LogP contribution is 2.23. The number of nitrogens with one attached hydrogen (secondary N) is 1. The molecule has 9 unspecified atom stereocenters. The maximum Gasteiger partial charge on any atom is 0.249 e. The number of allylic oxidation sites excluding steroid dienone is 4. The minimum atomic E-state index is -1.67. The van der Waals surface area contributed by atoms with Gasteiger partial charge in [0.05, 0.1) is 25.4 Å². The molecular weight excluding hydrogens is 847 g/mol. The van der Waals surface area contributed by atoms with Gasteiger partial charge in [0.1, 0.15) is 36.6 Å². The summed E-state index contributed by atoms with van der Waals surface area (Å²) in [6, 6.07) is -1.19. The van der Waals surface area contributed by atoms with E-state index in [9.17, 15) is 40.5 Å². The van der Waals surface area contributed by atoms with Crippen LogP contribution in [0.1, 0.15) is 258 Å². The Kier molecular flexibility index (Phi) is 43.4. The number of aliphatic hydroxyl groups is 7. The molecule has 8 N–H and O–H groups in total. The standard InChI is InChI=1S/C56H107NO10/c1-3-5-7-9-11-13-15-17-19-21-23-24-25-26-28-29-31-33-35-37-39-41-43-48(59)51(61)47(46-66-56-54(64)53(63)52(62)50(45-58)67-56)57-55(65)49(60)44-42-40-38-36-34-32-30-27-22-20-18-16-14-12-10-8-6-4-2/h22,27,35,37,47-54,56,58-64H,3-21,23-26,28-34,36,38-46H2,1-2H3,(H,57,65)/b27-22-,37-35+. The van der Waals surface area contributed by atoms with Crippen LogP contribution in [0.25, 0.3) is 0 Å². The largest absolute Gasteiger partial charge is 0.394 e. The molecule has 0 bridgehead atoms. The summed E-state index contributed by atoms with van der Waals surface area (Å²) < 4.78 is 11.1. The summed E-state index contributed by atoms with van der Waals surface area (Å²) in [6.07, 6.45) is 42.3. The average molecular weight is 954 g/mol. The van der Waals surface area contributed by atoms with Gasteiger partial charge in [-0.05, 0) is 64.2 Å². The number of hydrogen-bond donors (Lipinski definition) is 8. The molecule has 1 saturated heterocycles. The Morgan fingerprint density at radius 1 is 0.507 bits per heavy atom. The van der Waals surface area contributed by atoms with Crippen molar-refractivity contribution in [2.24, 2.45) is 0 Å². The van der Waals surface area contributed by atoms with Gasteiger partial charge in [0.15, 0.2) is 6.29 Å². The van der Waals surface area contributed by atoms with E-state index < -0.39 is 74.2 Å². The molecule has 396 valence electrons. The van der Waals surface area contributed by atoms with Crippen LogP contribution in [0, 0.1) is 0 Å². The van der Waals surface area contributed by atoms with Gasteiger partial charge in [0, 0.05) is 0 Å². The summed E-state index contributed by atoms with van der Waals surface area (Å²) in [6.45, 7) is 3.46. The van der Waals surface area contributed by atoms with Gasteiger partial charge < -0.3 is 50.5 Å². The molecule has 1 amide bonds. The summed E-state index contributed by atoms with van der Waals surface area (Å²) in [4.78, 5) is 13.2. The Morgan fingerprint density at radius 2 is 0.881 bits per heavy atom. The molecule has 9 atom stereocenters. The van der Waals surface area contributed by atoms with E-state index in [1.54, 1.807) is 0 Å². The van der Waals surface area contributed by atoms with Gasteiger partial charge in [-0.25, -0.2) is 0 Å². The molecule has 11 nitrogen and oxygen atoms in total. The number of aliphatic hydroxyl groups excluding tert-OH is 7. The number of amides is 1. The van der Waals surface area contributed by atoms with Crippen molar-refractivity contribution in [3.05, 3.63) is 24.3 Å². The molecule has 0 radical (unpaired) electrons. The molecule has 1 rings (SSSR count). The quantitative estimate of drug-likeness (QED) is 0.0215. The highest BCUT2D eigenvalue weighted by Gasteiger charge is 2.44. The number of rotatable bonds is 48. The maximum absolute atomic E-state index is 13.2. The molecule has 67 heavy (non-hydrogen) atoms. The summed E-state index contributed by atoms with van der Waals surface area (Å²) in [5.41, 5.74) is 0. The van der Waals surface area contributed by atoms with E-state index in [4.69, 9.17) is 9.47 Å². The zero-order valence-corrected chi connectivity index (χ0v) is 43.1. The van der Waals surface area contributed by atoms with Gasteiger partial charge in [-0.2, -0.15) is 0 Å².